The van der Waals surface area contributed by atoms with Crippen molar-refractivity contribution in [1.29, 1.82) is 0 Å². The van der Waals surface area contributed by atoms with Crippen molar-refractivity contribution in [2.45, 2.75) is 25.7 Å². The number of nitrogens with two attached hydrogens (primary N) is 1. The van der Waals surface area contributed by atoms with Gasteiger partial charge in [0.05, 0.1) is 6.61 Å². The third kappa shape index (κ3) is 6.63. The van der Waals surface area contributed by atoms with Crippen LogP contribution in [0.2, 0.25) is 5.02 Å². The summed E-state index contributed by atoms with van der Waals surface area (Å²) in [6.07, 6.45) is 3.37. The minimum Gasteiger partial charge on any atom is -0.258 e. The summed E-state index contributed by atoms with van der Waals surface area (Å²) in [5.74, 6) is 0. The molecule has 0 fully saturated rings. The van der Waals surface area contributed by atoms with Crippen LogP contribution in [0.15, 0.2) is 24.3 Å². The third-order valence-corrected chi connectivity index (χ3v) is 3.16. The largest absolute Gasteiger partial charge is 0.333 e. The molecule has 0 amide bonds. The Kier molecular flexibility index (Phi) is 5.91. The van der Waals surface area contributed by atoms with E-state index in [1.807, 2.05) is 24.3 Å². The second-order valence-electron chi connectivity index (χ2n) is 3.72. The van der Waals surface area contributed by atoms with Crippen LogP contribution in [0.25, 0.3) is 0 Å². The standard InChI is InChI=1S/C11H16ClNO3S/c12-11-8-4-3-7-10(11)6-2-1-5-9-16-17(13,14)15/h3-4,7-8H,1-2,5-6,9H2,(H2,13,14,15). The Bertz CT molecular complexity index is 448. The van der Waals surface area contributed by atoms with Gasteiger partial charge in [0.15, 0.2) is 0 Å². The quantitative estimate of drug-likeness (QED) is 0.777. The van der Waals surface area contributed by atoms with Gasteiger partial charge in [-0.15, -0.1) is 0 Å². The Labute approximate surface area is 107 Å². The Morgan fingerprint density at radius 2 is 1.88 bits per heavy atom. The van der Waals surface area contributed by atoms with E-state index < -0.39 is 10.3 Å². The highest BCUT2D eigenvalue weighted by Gasteiger charge is 2.02. The maximum absolute atomic E-state index is 10.5. The normalized spacial score (nSPS) is 11.6. The lowest BCUT2D eigenvalue weighted by Crippen LogP contribution is -2.16. The van der Waals surface area contributed by atoms with Gasteiger partial charge in [0.25, 0.3) is 0 Å². The van der Waals surface area contributed by atoms with Crippen LogP contribution in [-0.4, -0.2) is 15.0 Å². The average Bonchev–Trinajstić information content (AvgIpc) is 2.24. The highest BCUT2D eigenvalue weighted by atomic mass is 35.5. The van der Waals surface area contributed by atoms with E-state index in [4.69, 9.17) is 16.7 Å². The molecule has 0 aliphatic carbocycles. The third-order valence-electron chi connectivity index (χ3n) is 2.30. The molecule has 1 aromatic rings. The molecule has 0 aliphatic heterocycles. The predicted octanol–water partition coefficient (Wildman–Crippen LogP) is 2.27. The number of rotatable bonds is 7. The van der Waals surface area contributed by atoms with Gasteiger partial charge in [-0.2, -0.15) is 8.42 Å². The molecule has 0 heterocycles. The number of hydrogen-bond donors (Lipinski definition) is 1. The zero-order chi connectivity index (χ0) is 12.7. The van der Waals surface area contributed by atoms with Crippen LogP contribution in [0.5, 0.6) is 0 Å². The SMILES string of the molecule is NS(=O)(=O)OCCCCCc1ccccc1Cl. The van der Waals surface area contributed by atoms with E-state index in [1.54, 1.807) is 0 Å². The predicted molar refractivity (Wildman–Crippen MR) is 68.1 cm³/mol. The van der Waals surface area contributed by atoms with Crippen molar-refractivity contribution in [2.24, 2.45) is 5.14 Å². The molecule has 0 saturated heterocycles. The molecule has 1 aromatic carbocycles. The molecule has 96 valence electrons. The van der Waals surface area contributed by atoms with Gasteiger partial charge in [-0.25, -0.2) is 5.14 Å². The lowest BCUT2D eigenvalue weighted by atomic mass is 10.1. The fraction of sp³-hybridized carbons (Fsp3) is 0.455. The smallest absolute Gasteiger partial charge is 0.258 e. The topological polar surface area (TPSA) is 69.4 Å². The molecular formula is C11H16ClNO3S. The molecule has 2 N–H and O–H groups in total. The molecule has 0 radical (unpaired) electrons. The van der Waals surface area contributed by atoms with Crippen molar-refractivity contribution in [3.63, 3.8) is 0 Å². The highest BCUT2D eigenvalue weighted by Crippen LogP contribution is 2.17. The van der Waals surface area contributed by atoms with Crippen LogP contribution in [0.1, 0.15) is 24.8 Å². The fourth-order valence-electron chi connectivity index (χ4n) is 1.47. The summed E-state index contributed by atoms with van der Waals surface area (Å²) < 4.78 is 25.4. The lowest BCUT2D eigenvalue weighted by Gasteiger charge is -2.04. The van der Waals surface area contributed by atoms with Gasteiger partial charge in [0.2, 0.25) is 0 Å². The van der Waals surface area contributed by atoms with Gasteiger partial charge in [0.1, 0.15) is 0 Å². The molecule has 0 unspecified atom stereocenters. The first-order valence-electron chi connectivity index (χ1n) is 5.39. The van der Waals surface area contributed by atoms with E-state index in [0.29, 0.717) is 6.42 Å². The van der Waals surface area contributed by atoms with Crippen LogP contribution >= 0.6 is 11.6 Å². The van der Waals surface area contributed by atoms with Crippen molar-refractivity contribution in [3.8, 4) is 0 Å². The van der Waals surface area contributed by atoms with Crippen molar-refractivity contribution < 1.29 is 12.6 Å². The molecule has 0 saturated carbocycles. The van der Waals surface area contributed by atoms with Crippen molar-refractivity contribution in [1.82, 2.24) is 0 Å². The Morgan fingerprint density at radius 1 is 1.18 bits per heavy atom. The summed E-state index contributed by atoms with van der Waals surface area (Å²) in [7, 11) is -3.79. The first-order valence-corrected chi connectivity index (χ1v) is 7.24. The maximum Gasteiger partial charge on any atom is 0.333 e. The molecule has 0 atom stereocenters. The zero-order valence-corrected chi connectivity index (χ0v) is 11.0. The Balaban J connectivity index is 2.15. The van der Waals surface area contributed by atoms with E-state index in [1.165, 1.54) is 0 Å². The summed E-state index contributed by atoms with van der Waals surface area (Å²) in [5.41, 5.74) is 1.11. The minimum absolute atomic E-state index is 0.140. The molecule has 0 aromatic heterocycles. The monoisotopic (exact) mass is 277 g/mol. The van der Waals surface area contributed by atoms with Crippen molar-refractivity contribution >= 4 is 21.9 Å². The molecule has 1 rings (SSSR count). The lowest BCUT2D eigenvalue weighted by molar-refractivity contribution is 0.307. The van der Waals surface area contributed by atoms with Crippen LogP contribution in [0, 0.1) is 0 Å². The van der Waals surface area contributed by atoms with Crippen LogP contribution in [0.3, 0.4) is 0 Å². The number of unbranched alkanes of at least 4 members (excludes halogenated alkanes) is 2. The molecule has 17 heavy (non-hydrogen) atoms. The van der Waals surface area contributed by atoms with Crippen molar-refractivity contribution in [2.75, 3.05) is 6.61 Å². The Morgan fingerprint density at radius 3 is 2.53 bits per heavy atom. The van der Waals surface area contributed by atoms with Crippen molar-refractivity contribution in [3.05, 3.63) is 34.9 Å². The van der Waals surface area contributed by atoms with Gasteiger partial charge in [0, 0.05) is 5.02 Å². The minimum atomic E-state index is -3.79. The van der Waals surface area contributed by atoms with Crippen LogP contribution in [0.4, 0.5) is 0 Å². The molecule has 4 nitrogen and oxygen atoms in total. The van der Waals surface area contributed by atoms with Gasteiger partial charge < -0.3 is 0 Å². The summed E-state index contributed by atoms with van der Waals surface area (Å²) >= 11 is 6.00. The van der Waals surface area contributed by atoms with E-state index in [-0.39, 0.29) is 6.61 Å². The first-order chi connectivity index (χ1) is 7.99. The van der Waals surface area contributed by atoms with Crippen LogP contribution in [-0.2, 0) is 20.9 Å². The zero-order valence-electron chi connectivity index (χ0n) is 9.43. The number of hydrogen-bond acceptors (Lipinski definition) is 3. The summed E-state index contributed by atoms with van der Waals surface area (Å²) in [6, 6.07) is 7.70. The molecule has 0 aliphatic rings. The highest BCUT2D eigenvalue weighted by molar-refractivity contribution is 7.84. The Hall–Kier alpha value is -0.620. The molecule has 0 spiro atoms. The van der Waals surface area contributed by atoms with Gasteiger partial charge >= 0.3 is 10.3 Å². The molecular weight excluding hydrogens is 262 g/mol. The summed E-state index contributed by atoms with van der Waals surface area (Å²) in [6.45, 7) is 0.140. The van der Waals surface area contributed by atoms with Gasteiger partial charge in [-0.05, 0) is 30.9 Å². The average molecular weight is 278 g/mol. The second-order valence-corrected chi connectivity index (χ2v) is 5.35. The maximum atomic E-state index is 10.5. The van der Waals surface area contributed by atoms with E-state index in [2.05, 4.69) is 4.18 Å². The van der Waals surface area contributed by atoms with E-state index >= 15 is 0 Å². The van der Waals surface area contributed by atoms with Gasteiger partial charge in [-0.1, -0.05) is 36.2 Å². The summed E-state index contributed by atoms with van der Waals surface area (Å²) in [5, 5.41) is 5.47. The van der Waals surface area contributed by atoms with E-state index in [0.717, 1.165) is 29.8 Å². The number of aryl methyl sites for hydroxylation is 1. The molecule has 0 bridgehead atoms. The number of benzene rings is 1. The fourth-order valence-corrected chi connectivity index (χ4v) is 2.05. The van der Waals surface area contributed by atoms with Crippen LogP contribution < -0.4 is 5.14 Å². The van der Waals surface area contributed by atoms with Gasteiger partial charge in [-0.3, -0.25) is 4.18 Å². The summed E-state index contributed by atoms with van der Waals surface area (Å²) in [4.78, 5) is 0. The number of halogens is 1. The molecule has 6 heteroatoms. The first kappa shape index (κ1) is 14.4. The second kappa shape index (κ2) is 6.96. The van der Waals surface area contributed by atoms with E-state index in [9.17, 15) is 8.42 Å².